The van der Waals surface area contributed by atoms with Crippen molar-refractivity contribution in [2.75, 3.05) is 5.73 Å². The van der Waals surface area contributed by atoms with Crippen LogP contribution >= 0.6 is 23.1 Å². The molecule has 0 aliphatic carbocycles. The zero-order chi connectivity index (χ0) is 12.4. The number of anilines is 1. The highest BCUT2D eigenvalue weighted by Gasteiger charge is 2.19. The number of hydrogen-bond acceptors (Lipinski definition) is 7. The van der Waals surface area contributed by atoms with Crippen LogP contribution in [0, 0.1) is 17.0 Å². The van der Waals surface area contributed by atoms with Crippen LogP contribution in [0.15, 0.2) is 27.4 Å². The van der Waals surface area contributed by atoms with E-state index in [1.807, 2.05) is 6.92 Å². The molecule has 1 aromatic carbocycles. The van der Waals surface area contributed by atoms with Gasteiger partial charge in [-0.2, -0.15) is 0 Å². The first-order valence-corrected chi connectivity index (χ1v) is 6.22. The Balaban J connectivity index is 2.39. The number of benzene rings is 1. The van der Waals surface area contributed by atoms with Crippen molar-refractivity contribution in [3.05, 3.63) is 33.3 Å². The van der Waals surface area contributed by atoms with Crippen molar-refractivity contribution >= 4 is 34.5 Å². The van der Waals surface area contributed by atoms with Crippen LogP contribution in [-0.2, 0) is 0 Å². The molecule has 88 valence electrons. The number of nitrogen functional groups attached to an aromatic ring is 1. The molecule has 0 spiro atoms. The van der Waals surface area contributed by atoms with E-state index in [-0.39, 0.29) is 11.4 Å². The number of aromatic nitrogens is 2. The van der Waals surface area contributed by atoms with E-state index < -0.39 is 4.92 Å². The standard InChI is InChI=1S/C9H8N4O2S2/c1-5-11-12-9(16-5)17-7-4-2-3-6(10)8(7)13(14)15/h2-4H,10H2,1H3. The maximum Gasteiger partial charge on any atom is 0.305 e. The first kappa shape index (κ1) is 11.8. The zero-order valence-corrected chi connectivity index (χ0v) is 10.4. The van der Waals surface area contributed by atoms with Gasteiger partial charge in [0.2, 0.25) is 0 Å². The van der Waals surface area contributed by atoms with Crippen LogP contribution in [0.25, 0.3) is 0 Å². The smallest absolute Gasteiger partial charge is 0.305 e. The Morgan fingerprint density at radius 1 is 1.47 bits per heavy atom. The van der Waals surface area contributed by atoms with Crippen LogP contribution in [0.5, 0.6) is 0 Å². The summed E-state index contributed by atoms with van der Waals surface area (Å²) in [6.07, 6.45) is 0. The van der Waals surface area contributed by atoms with Gasteiger partial charge in [-0.05, 0) is 30.8 Å². The van der Waals surface area contributed by atoms with Gasteiger partial charge >= 0.3 is 5.69 Å². The summed E-state index contributed by atoms with van der Waals surface area (Å²) in [5.41, 5.74) is 5.67. The Bertz CT molecular complexity index is 570. The Morgan fingerprint density at radius 2 is 2.24 bits per heavy atom. The van der Waals surface area contributed by atoms with Crippen molar-refractivity contribution in [1.29, 1.82) is 0 Å². The highest BCUT2D eigenvalue weighted by atomic mass is 32.2. The molecule has 6 nitrogen and oxygen atoms in total. The van der Waals surface area contributed by atoms with Gasteiger partial charge in [0.25, 0.3) is 0 Å². The molecule has 0 aliphatic heterocycles. The number of nitro groups is 1. The van der Waals surface area contributed by atoms with E-state index >= 15 is 0 Å². The maximum atomic E-state index is 10.9. The average molecular weight is 268 g/mol. The molecule has 0 saturated heterocycles. The predicted octanol–water partition coefficient (Wildman–Crippen LogP) is 2.49. The third-order valence-corrected chi connectivity index (χ3v) is 3.86. The molecule has 0 saturated carbocycles. The molecular weight excluding hydrogens is 260 g/mol. The molecule has 0 unspecified atom stereocenters. The van der Waals surface area contributed by atoms with Crippen LogP contribution in [0.1, 0.15) is 5.01 Å². The number of aryl methyl sites for hydroxylation is 1. The van der Waals surface area contributed by atoms with Crippen LogP contribution < -0.4 is 5.73 Å². The lowest BCUT2D eigenvalue weighted by molar-refractivity contribution is -0.386. The van der Waals surface area contributed by atoms with Crippen LogP contribution in [-0.4, -0.2) is 15.1 Å². The fourth-order valence-electron chi connectivity index (χ4n) is 1.23. The molecular formula is C9H8N4O2S2. The number of nitrogens with zero attached hydrogens (tertiary/aromatic N) is 3. The lowest BCUT2D eigenvalue weighted by Crippen LogP contribution is -1.97. The van der Waals surface area contributed by atoms with E-state index in [1.165, 1.54) is 29.2 Å². The first-order chi connectivity index (χ1) is 8.08. The monoisotopic (exact) mass is 268 g/mol. The summed E-state index contributed by atoms with van der Waals surface area (Å²) in [7, 11) is 0. The van der Waals surface area contributed by atoms with Gasteiger partial charge < -0.3 is 5.73 Å². The number of nitrogens with two attached hydrogens (primary N) is 1. The number of rotatable bonds is 3. The van der Waals surface area contributed by atoms with Crippen LogP contribution in [0.3, 0.4) is 0 Å². The van der Waals surface area contributed by atoms with Crippen molar-refractivity contribution in [3.8, 4) is 0 Å². The van der Waals surface area contributed by atoms with Gasteiger partial charge in [-0.25, -0.2) is 0 Å². The zero-order valence-electron chi connectivity index (χ0n) is 8.78. The molecule has 2 rings (SSSR count). The highest BCUT2D eigenvalue weighted by molar-refractivity contribution is 8.01. The Labute approximate surface area is 105 Å². The third-order valence-electron chi connectivity index (χ3n) is 1.92. The summed E-state index contributed by atoms with van der Waals surface area (Å²) >= 11 is 2.59. The number of nitro benzene ring substituents is 1. The SMILES string of the molecule is Cc1nnc(Sc2cccc(N)c2[N+](=O)[O-])s1. The van der Waals surface area contributed by atoms with E-state index in [0.29, 0.717) is 9.24 Å². The van der Waals surface area contributed by atoms with E-state index in [1.54, 1.807) is 12.1 Å². The van der Waals surface area contributed by atoms with Gasteiger partial charge in [-0.15, -0.1) is 10.2 Å². The Morgan fingerprint density at radius 3 is 2.82 bits per heavy atom. The second-order valence-corrected chi connectivity index (χ2v) is 5.61. The van der Waals surface area contributed by atoms with Crippen molar-refractivity contribution < 1.29 is 4.92 Å². The first-order valence-electron chi connectivity index (χ1n) is 4.59. The van der Waals surface area contributed by atoms with Gasteiger partial charge in [0.1, 0.15) is 10.7 Å². The number of para-hydroxylation sites is 1. The molecule has 8 heteroatoms. The van der Waals surface area contributed by atoms with Gasteiger partial charge in [0.05, 0.1) is 9.82 Å². The van der Waals surface area contributed by atoms with E-state index in [0.717, 1.165) is 5.01 Å². The summed E-state index contributed by atoms with van der Waals surface area (Å²) in [5, 5.41) is 19.5. The minimum atomic E-state index is -0.481. The topological polar surface area (TPSA) is 94.9 Å². The fraction of sp³-hybridized carbons (Fsp3) is 0.111. The Hall–Kier alpha value is -1.67. The van der Waals surface area contributed by atoms with Gasteiger partial charge in [-0.1, -0.05) is 17.4 Å². The molecule has 1 aromatic heterocycles. The van der Waals surface area contributed by atoms with E-state index in [2.05, 4.69) is 10.2 Å². The lowest BCUT2D eigenvalue weighted by Gasteiger charge is -2.01. The quantitative estimate of drug-likeness (QED) is 0.522. The van der Waals surface area contributed by atoms with Gasteiger partial charge in [-0.3, -0.25) is 10.1 Å². The summed E-state index contributed by atoms with van der Waals surface area (Å²) in [4.78, 5) is 10.9. The van der Waals surface area contributed by atoms with E-state index in [9.17, 15) is 10.1 Å². The van der Waals surface area contributed by atoms with Crippen molar-refractivity contribution in [2.24, 2.45) is 0 Å². The molecule has 0 amide bonds. The summed E-state index contributed by atoms with van der Waals surface area (Å²) in [6.45, 7) is 1.83. The molecule has 2 N–H and O–H groups in total. The minimum Gasteiger partial charge on any atom is -0.393 e. The molecule has 17 heavy (non-hydrogen) atoms. The molecule has 0 fully saturated rings. The minimum absolute atomic E-state index is 0.0784. The largest absolute Gasteiger partial charge is 0.393 e. The van der Waals surface area contributed by atoms with Crippen molar-refractivity contribution in [1.82, 2.24) is 10.2 Å². The molecule has 2 aromatic rings. The van der Waals surface area contributed by atoms with E-state index in [4.69, 9.17) is 5.73 Å². The lowest BCUT2D eigenvalue weighted by atomic mass is 10.3. The third kappa shape index (κ3) is 2.53. The summed E-state index contributed by atoms with van der Waals surface area (Å²) in [6, 6.07) is 4.84. The average Bonchev–Trinajstić information content (AvgIpc) is 2.63. The second-order valence-electron chi connectivity index (χ2n) is 3.14. The van der Waals surface area contributed by atoms with Crippen LogP contribution in [0.2, 0.25) is 0 Å². The fourth-order valence-corrected chi connectivity index (χ4v) is 3.15. The van der Waals surface area contributed by atoms with Crippen LogP contribution in [0.4, 0.5) is 11.4 Å². The molecule has 0 aliphatic rings. The Kier molecular flexibility index (Phi) is 3.25. The number of hydrogen-bond donors (Lipinski definition) is 1. The summed E-state index contributed by atoms with van der Waals surface area (Å²) in [5.74, 6) is 0. The molecule has 0 bridgehead atoms. The highest BCUT2D eigenvalue weighted by Crippen LogP contribution is 2.38. The maximum absolute atomic E-state index is 10.9. The predicted molar refractivity (Wildman–Crippen MR) is 66.3 cm³/mol. The normalized spacial score (nSPS) is 10.4. The summed E-state index contributed by atoms with van der Waals surface area (Å²) < 4.78 is 0.663. The van der Waals surface area contributed by atoms with Gasteiger partial charge in [0, 0.05) is 0 Å². The van der Waals surface area contributed by atoms with Crippen molar-refractivity contribution in [2.45, 2.75) is 16.2 Å². The molecule has 1 heterocycles. The second kappa shape index (κ2) is 4.68. The van der Waals surface area contributed by atoms with Crippen molar-refractivity contribution in [3.63, 3.8) is 0 Å². The van der Waals surface area contributed by atoms with Gasteiger partial charge in [0.15, 0.2) is 4.34 Å². The molecule has 0 radical (unpaired) electrons. The molecule has 0 atom stereocenters.